The van der Waals surface area contributed by atoms with E-state index in [9.17, 15) is 4.79 Å². The normalized spacial score (nSPS) is 10.6. The van der Waals surface area contributed by atoms with Crippen LogP contribution in [-0.2, 0) is 0 Å². The largest absolute Gasteiger partial charge is 0.288 e. The summed E-state index contributed by atoms with van der Waals surface area (Å²) in [5, 5.41) is 0. The summed E-state index contributed by atoms with van der Waals surface area (Å²) in [6.45, 7) is 2.00. The number of aryl methyl sites for hydroxylation is 1. The molecule has 0 spiro atoms. The van der Waals surface area contributed by atoms with Gasteiger partial charge in [0.25, 0.3) is 0 Å². The molecule has 88 valence electrons. The smallest absolute Gasteiger partial charge is 0.205 e. The maximum atomic E-state index is 12.4. The molecular formula is C12H7Br2IOS. The highest BCUT2D eigenvalue weighted by Gasteiger charge is 2.18. The highest BCUT2D eigenvalue weighted by molar-refractivity contribution is 14.1. The lowest BCUT2D eigenvalue weighted by Crippen LogP contribution is -2.01. The van der Waals surface area contributed by atoms with E-state index < -0.39 is 0 Å². The third-order valence-corrected chi connectivity index (χ3v) is 5.49. The lowest BCUT2D eigenvalue weighted by atomic mass is 10.1. The van der Waals surface area contributed by atoms with Gasteiger partial charge >= 0.3 is 0 Å². The number of hydrogen-bond acceptors (Lipinski definition) is 2. The summed E-state index contributed by atoms with van der Waals surface area (Å²) in [5.74, 6) is 0.0559. The Bertz CT molecular complexity index is 592. The van der Waals surface area contributed by atoms with Crippen LogP contribution in [0.1, 0.15) is 20.1 Å². The van der Waals surface area contributed by atoms with Crippen molar-refractivity contribution in [3.05, 3.63) is 52.1 Å². The highest BCUT2D eigenvalue weighted by atomic mass is 127. The van der Waals surface area contributed by atoms with Gasteiger partial charge in [-0.25, -0.2) is 0 Å². The Morgan fingerprint density at radius 3 is 2.53 bits per heavy atom. The Balaban J connectivity index is 2.50. The molecule has 0 saturated carbocycles. The molecule has 0 radical (unpaired) electrons. The minimum Gasteiger partial charge on any atom is -0.288 e. The van der Waals surface area contributed by atoms with Crippen molar-refractivity contribution in [1.82, 2.24) is 0 Å². The fourth-order valence-corrected chi connectivity index (χ4v) is 4.13. The summed E-state index contributed by atoms with van der Waals surface area (Å²) in [6, 6.07) is 7.74. The zero-order valence-corrected chi connectivity index (χ0v) is 14.9. The third kappa shape index (κ3) is 3.00. The standard InChI is InChI=1S/C12H7Br2IOS/c1-6-4-10(14)12(17-6)11(16)8-5-7(15)2-3-9(8)13/h2-5H,1H3. The van der Waals surface area contributed by atoms with Gasteiger partial charge in [0.05, 0.1) is 4.88 Å². The summed E-state index contributed by atoms with van der Waals surface area (Å²) < 4.78 is 2.76. The van der Waals surface area contributed by atoms with Gasteiger partial charge in [0.1, 0.15) is 0 Å². The number of halogens is 3. The minimum atomic E-state index is 0.0559. The number of hydrogen-bond donors (Lipinski definition) is 0. The van der Waals surface area contributed by atoms with Crippen molar-refractivity contribution in [2.75, 3.05) is 0 Å². The van der Waals surface area contributed by atoms with E-state index in [1.165, 1.54) is 11.3 Å². The molecule has 0 saturated heterocycles. The summed E-state index contributed by atoms with van der Waals surface area (Å²) >= 11 is 10.6. The monoisotopic (exact) mass is 484 g/mol. The van der Waals surface area contributed by atoms with Crippen molar-refractivity contribution >= 4 is 71.6 Å². The second-order valence-electron chi connectivity index (χ2n) is 3.49. The first-order valence-corrected chi connectivity index (χ1v) is 8.23. The Kier molecular flexibility index (Phi) is 4.44. The van der Waals surface area contributed by atoms with Crippen molar-refractivity contribution < 1.29 is 4.79 Å². The van der Waals surface area contributed by atoms with Gasteiger partial charge in [0, 0.05) is 23.0 Å². The van der Waals surface area contributed by atoms with Crippen molar-refractivity contribution in [1.29, 1.82) is 0 Å². The predicted octanol–water partition coefficient (Wildman–Crippen LogP) is 5.42. The van der Waals surface area contributed by atoms with Gasteiger partial charge in [-0.05, 0) is 69.7 Å². The minimum absolute atomic E-state index is 0.0559. The topological polar surface area (TPSA) is 17.1 Å². The van der Waals surface area contributed by atoms with E-state index in [0.29, 0.717) is 5.56 Å². The van der Waals surface area contributed by atoms with Gasteiger partial charge in [-0.2, -0.15) is 0 Å². The van der Waals surface area contributed by atoms with Crippen LogP contribution in [0.3, 0.4) is 0 Å². The van der Waals surface area contributed by atoms with E-state index in [1.807, 2.05) is 31.2 Å². The van der Waals surface area contributed by atoms with Gasteiger partial charge in [-0.1, -0.05) is 15.9 Å². The molecule has 5 heteroatoms. The van der Waals surface area contributed by atoms with Crippen LogP contribution in [0.5, 0.6) is 0 Å². The number of rotatable bonds is 2. The van der Waals surface area contributed by atoms with Crippen LogP contribution in [-0.4, -0.2) is 5.78 Å². The van der Waals surface area contributed by atoms with Gasteiger partial charge < -0.3 is 0 Å². The number of ketones is 1. The fraction of sp³-hybridized carbons (Fsp3) is 0.0833. The van der Waals surface area contributed by atoms with Crippen molar-refractivity contribution in [2.24, 2.45) is 0 Å². The molecule has 0 atom stereocenters. The van der Waals surface area contributed by atoms with Crippen LogP contribution < -0.4 is 0 Å². The maximum absolute atomic E-state index is 12.4. The Hall–Kier alpha value is 0.280. The molecule has 1 aromatic heterocycles. The summed E-state index contributed by atoms with van der Waals surface area (Å²) in [7, 11) is 0. The molecule has 1 aromatic carbocycles. The van der Waals surface area contributed by atoms with Gasteiger partial charge in [0.15, 0.2) is 0 Å². The Labute approximate surface area is 134 Å². The maximum Gasteiger partial charge on any atom is 0.205 e. The second kappa shape index (κ2) is 5.50. The van der Waals surface area contributed by atoms with Crippen molar-refractivity contribution in [3.63, 3.8) is 0 Å². The number of benzene rings is 1. The Morgan fingerprint density at radius 2 is 1.94 bits per heavy atom. The Morgan fingerprint density at radius 1 is 1.24 bits per heavy atom. The summed E-state index contributed by atoms with van der Waals surface area (Å²) in [4.78, 5) is 14.3. The van der Waals surface area contributed by atoms with Crippen LogP contribution in [0.2, 0.25) is 0 Å². The van der Waals surface area contributed by atoms with Crippen LogP contribution in [0, 0.1) is 10.5 Å². The molecule has 0 amide bonds. The lowest BCUT2D eigenvalue weighted by Gasteiger charge is -2.03. The van der Waals surface area contributed by atoms with Gasteiger partial charge in [0.2, 0.25) is 5.78 Å². The van der Waals surface area contributed by atoms with E-state index in [-0.39, 0.29) is 5.78 Å². The molecule has 2 rings (SSSR count). The first kappa shape index (κ1) is 13.7. The molecule has 0 aliphatic heterocycles. The van der Waals surface area contributed by atoms with Gasteiger partial charge in [-0.15, -0.1) is 11.3 Å². The predicted molar refractivity (Wildman–Crippen MR) is 87.0 cm³/mol. The van der Waals surface area contributed by atoms with Crippen LogP contribution >= 0.6 is 65.8 Å². The quantitative estimate of drug-likeness (QED) is 0.410. The van der Waals surface area contributed by atoms with Crippen molar-refractivity contribution in [3.8, 4) is 0 Å². The second-order valence-corrected chi connectivity index (χ2v) is 7.70. The molecule has 2 aromatic rings. The molecule has 0 bridgehead atoms. The van der Waals surface area contributed by atoms with E-state index >= 15 is 0 Å². The summed E-state index contributed by atoms with van der Waals surface area (Å²) in [6.07, 6.45) is 0. The molecule has 17 heavy (non-hydrogen) atoms. The first-order valence-electron chi connectivity index (χ1n) is 4.74. The molecule has 0 aliphatic carbocycles. The number of thiophene rings is 1. The van der Waals surface area contributed by atoms with Crippen molar-refractivity contribution in [2.45, 2.75) is 6.92 Å². The number of carbonyl (C=O) groups excluding carboxylic acids is 1. The molecule has 1 nitrogen and oxygen atoms in total. The zero-order chi connectivity index (χ0) is 12.6. The average Bonchev–Trinajstić information content (AvgIpc) is 2.60. The molecular weight excluding hydrogens is 479 g/mol. The summed E-state index contributed by atoms with van der Waals surface area (Å²) in [5.41, 5.74) is 0.708. The van der Waals surface area contributed by atoms with E-state index in [0.717, 1.165) is 22.3 Å². The first-order chi connectivity index (χ1) is 7.99. The van der Waals surface area contributed by atoms with Gasteiger partial charge in [-0.3, -0.25) is 4.79 Å². The molecule has 0 aliphatic rings. The molecule has 0 unspecified atom stereocenters. The molecule has 1 heterocycles. The SMILES string of the molecule is Cc1cc(Br)c(C(=O)c2cc(I)ccc2Br)s1. The third-order valence-electron chi connectivity index (χ3n) is 2.19. The zero-order valence-electron chi connectivity index (χ0n) is 8.76. The molecule has 0 N–H and O–H groups in total. The molecule has 0 fully saturated rings. The number of carbonyl (C=O) groups is 1. The lowest BCUT2D eigenvalue weighted by molar-refractivity contribution is 0.104. The van der Waals surface area contributed by atoms with E-state index in [2.05, 4.69) is 54.5 Å². The highest BCUT2D eigenvalue weighted by Crippen LogP contribution is 2.31. The van der Waals surface area contributed by atoms with Crippen LogP contribution in [0.4, 0.5) is 0 Å². The van der Waals surface area contributed by atoms with Crippen LogP contribution in [0.15, 0.2) is 33.2 Å². The van der Waals surface area contributed by atoms with E-state index in [4.69, 9.17) is 0 Å². The van der Waals surface area contributed by atoms with E-state index in [1.54, 1.807) is 0 Å². The fourth-order valence-electron chi connectivity index (χ4n) is 1.43. The average molecular weight is 486 g/mol. The van der Waals surface area contributed by atoms with Crippen LogP contribution in [0.25, 0.3) is 0 Å².